The number of nitrogens with zero attached hydrogens (tertiary/aromatic N) is 5. The van der Waals surface area contributed by atoms with Crippen molar-refractivity contribution in [3.63, 3.8) is 0 Å². The van der Waals surface area contributed by atoms with Gasteiger partial charge in [0.15, 0.2) is 11.6 Å². The number of nitrogens with one attached hydrogen (secondary N) is 1. The van der Waals surface area contributed by atoms with Gasteiger partial charge < -0.3 is 5.11 Å². The van der Waals surface area contributed by atoms with Gasteiger partial charge in [-0.3, -0.25) is 29.6 Å². The van der Waals surface area contributed by atoms with Crippen LogP contribution in [0.3, 0.4) is 0 Å². The van der Waals surface area contributed by atoms with Gasteiger partial charge in [-0.05, 0) is 72.4 Å². The van der Waals surface area contributed by atoms with E-state index in [0.29, 0.717) is 50.1 Å². The summed E-state index contributed by atoms with van der Waals surface area (Å²) < 4.78 is 81.5. The Bertz CT molecular complexity index is 2470. The summed E-state index contributed by atoms with van der Waals surface area (Å²) in [5.74, 6) is -9.96. The van der Waals surface area contributed by atoms with E-state index < -0.39 is 98.9 Å². The number of imide groups is 2. The highest BCUT2D eigenvalue weighted by Crippen LogP contribution is 2.64. The maximum Gasteiger partial charge on any atom is 0.433 e. The number of phenolic OH excluding ortho intramolecular Hbond substituents is 1. The molecule has 4 aromatic rings. The van der Waals surface area contributed by atoms with E-state index in [1.165, 1.54) is 43.4 Å². The Morgan fingerprint density at radius 1 is 0.847 bits per heavy atom. The fourth-order valence-electron chi connectivity index (χ4n) is 9.01. The molecule has 2 N–H and O–H groups in total. The van der Waals surface area contributed by atoms with E-state index in [1.54, 1.807) is 18.2 Å². The van der Waals surface area contributed by atoms with Crippen LogP contribution in [0.5, 0.6) is 5.75 Å². The van der Waals surface area contributed by atoms with Gasteiger partial charge in [-0.15, -0.1) is 0 Å². The lowest BCUT2D eigenvalue weighted by atomic mass is 9.49. The minimum atomic E-state index is -4.88. The van der Waals surface area contributed by atoms with Gasteiger partial charge in [0, 0.05) is 24.2 Å². The number of carbonyl (C=O) groups is 4. The highest BCUT2D eigenvalue weighted by atomic mass is 35.5. The van der Waals surface area contributed by atoms with Crippen LogP contribution >= 0.6 is 34.8 Å². The molecule has 306 valence electrons. The third kappa shape index (κ3) is 6.36. The van der Waals surface area contributed by atoms with Crippen molar-refractivity contribution in [3.8, 4) is 5.75 Å². The molecule has 0 spiro atoms. The van der Waals surface area contributed by atoms with E-state index in [1.807, 2.05) is 0 Å². The molecule has 2 aromatic heterocycles. The van der Waals surface area contributed by atoms with Crippen LogP contribution in [-0.4, -0.2) is 55.8 Å². The molecular formula is C39H27Cl3F6N6O5. The maximum atomic E-state index is 15.2. The zero-order chi connectivity index (χ0) is 42.5. The van der Waals surface area contributed by atoms with Crippen molar-refractivity contribution in [1.29, 1.82) is 0 Å². The molecule has 2 saturated heterocycles. The number of carbonyl (C=O) groups excluding carboxylic acids is 4. The molecule has 4 amide bonds. The number of aromatic nitrogens is 2. The molecule has 2 aliphatic carbocycles. The van der Waals surface area contributed by atoms with Crippen molar-refractivity contribution in [3.05, 3.63) is 122 Å². The van der Waals surface area contributed by atoms with E-state index in [0.717, 1.165) is 11.1 Å². The molecule has 3 fully saturated rings. The molecule has 4 aliphatic rings. The van der Waals surface area contributed by atoms with Gasteiger partial charge in [0.2, 0.25) is 0 Å². The summed E-state index contributed by atoms with van der Waals surface area (Å²) in [5.41, 5.74) is -0.595. The van der Waals surface area contributed by atoms with Crippen LogP contribution in [0.25, 0.3) is 0 Å². The van der Waals surface area contributed by atoms with E-state index in [-0.39, 0.29) is 23.6 Å². The number of anilines is 2. The van der Waals surface area contributed by atoms with Crippen LogP contribution in [0.15, 0.2) is 84.6 Å². The van der Waals surface area contributed by atoms with Crippen LogP contribution in [-0.2, 0) is 36.9 Å². The van der Waals surface area contributed by atoms with Crippen LogP contribution < -0.4 is 10.4 Å². The van der Waals surface area contributed by atoms with Gasteiger partial charge in [-0.25, -0.2) is 9.97 Å². The average Bonchev–Trinajstić information content (AvgIpc) is 3.56. The Kier molecular flexibility index (Phi) is 9.67. The number of benzene rings is 2. The summed E-state index contributed by atoms with van der Waals surface area (Å²) in [6.07, 6.45) is -7.77. The second-order valence-electron chi connectivity index (χ2n) is 14.5. The predicted molar refractivity (Wildman–Crippen MR) is 199 cm³/mol. The molecule has 2 aliphatic heterocycles. The Morgan fingerprint density at radius 2 is 1.53 bits per heavy atom. The number of amides is 4. The summed E-state index contributed by atoms with van der Waals surface area (Å²) in [7, 11) is 1.17. The third-order valence-corrected chi connectivity index (χ3v) is 12.3. The molecule has 4 heterocycles. The normalized spacial score (nSPS) is 25.5. The standard InChI is InChI=1S/C39H27Cl3F6N6O5/c1-52(32-26(41)12-13-28(50-32)39(46,47)48)54-33(56)23-11-10-22-24(29(23)35(54)58)15-25-34(57)53(51-31-27(42)14-19(16-49-31)38(43,44)45)36(59)37(25,18-4-6-20(40)7-5-18)30(22)17-2-8-21(55)9-3-17/h2-10,12-14,16,23-25,29-30,55H,11,15H2,1H3,(H,49,51)/t23-,24+,25-,29-,30-,37+/m0/s1. The predicted octanol–water partition coefficient (Wildman–Crippen LogP) is 8.22. The van der Waals surface area contributed by atoms with Crippen LogP contribution in [0, 0.1) is 23.7 Å². The fourth-order valence-corrected chi connectivity index (χ4v) is 9.58. The molecule has 2 aromatic carbocycles. The SMILES string of the molecule is CN(c1nc(C(F)(F)F)ccc1Cl)N1C(=O)[C@H]2[C@H](CC=C3[C@H]2C[C@H]2C(=O)N(Nc4ncc(C(F)(F)F)cc4Cl)C(=O)[C@@]2(c2ccc(Cl)cc2)[C@H]3c2ccc(O)cc2)C1=O. The van der Waals surface area contributed by atoms with Crippen molar-refractivity contribution in [2.24, 2.45) is 23.7 Å². The first-order valence-electron chi connectivity index (χ1n) is 17.7. The highest BCUT2D eigenvalue weighted by molar-refractivity contribution is 6.33. The van der Waals surface area contributed by atoms with Gasteiger partial charge in [0.25, 0.3) is 23.6 Å². The van der Waals surface area contributed by atoms with Gasteiger partial charge in [0.05, 0.1) is 38.8 Å². The summed E-state index contributed by atoms with van der Waals surface area (Å²) in [6, 6.07) is 14.1. The minimum absolute atomic E-state index is 0.0553. The third-order valence-electron chi connectivity index (χ3n) is 11.5. The van der Waals surface area contributed by atoms with Crippen LogP contribution in [0.4, 0.5) is 38.0 Å². The number of phenols is 1. The number of aromatic hydroxyl groups is 1. The van der Waals surface area contributed by atoms with Crippen LogP contribution in [0.2, 0.25) is 15.1 Å². The zero-order valence-electron chi connectivity index (χ0n) is 30.0. The minimum Gasteiger partial charge on any atom is -0.508 e. The lowest BCUT2D eigenvalue weighted by Crippen LogP contribution is -2.53. The maximum absolute atomic E-state index is 15.2. The fraction of sp³-hybridized carbons (Fsp3) is 0.282. The number of allylic oxidation sites excluding steroid dienone is 2. The molecule has 0 unspecified atom stereocenters. The molecule has 0 radical (unpaired) electrons. The number of hydrogen-bond donors (Lipinski definition) is 2. The van der Waals surface area contributed by atoms with Crippen molar-refractivity contribution in [1.82, 2.24) is 20.0 Å². The number of hydrogen-bond acceptors (Lipinski definition) is 9. The summed E-state index contributed by atoms with van der Waals surface area (Å²) in [4.78, 5) is 66.1. The molecule has 20 heteroatoms. The Labute approximate surface area is 345 Å². The molecular weight excluding hydrogens is 853 g/mol. The first-order chi connectivity index (χ1) is 27.7. The first-order valence-corrected chi connectivity index (χ1v) is 18.9. The monoisotopic (exact) mass is 878 g/mol. The van der Waals surface area contributed by atoms with Crippen molar-refractivity contribution >= 4 is 70.1 Å². The number of pyridine rings is 2. The number of fused-ring (bicyclic) bond motifs is 4. The quantitative estimate of drug-likeness (QED) is 0.112. The van der Waals surface area contributed by atoms with Gasteiger partial charge in [-0.2, -0.15) is 36.4 Å². The Balaban J connectivity index is 1.26. The Hall–Kier alpha value is -5.39. The molecule has 6 atom stereocenters. The smallest absolute Gasteiger partial charge is 0.433 e. The first kappa shape index (κ1) is 40.4. The van der Waals surface area contributed by atoms with Gasteiger partial charge in [-0.1, -0.05) is 70.7 Å². The summed E-state index contributed by atoms with van der Waals surface area (Å²) >= 11 is 18.8. The molecule has 1 saturated carbocycles. The number of hydrazine groups is 2. The zero-order valence-corrected chi connectivity index (χ0v) is 32.3. The molecule has 59 heavy (non-hydrogen) atoms. The van der Waals surface area contributed by atoms with Gasteiger partial charge >= 0.3 is 12.4 Å². The van der Waals surface area contributed by atoms with E-state index >= 15 is 4.79 Å². The van der Waals surface area contributed by atoms with Crippen LogP contribution in [0.1, 0.15) is 41.1 Å². The van der Waals surface area contributed by atoms with E-state index in [9.17, 15) is 45.8 Å². The second-order valence-corrected chi connectivity index (χ2v) is 15.8. The second kappa shape index (κ2) is 14.1. The summed E-state index contributed by atoms with van der Waals surface area (Å²) in [5, 5.41) is 11.9. The topological polar surface area (TPSA) is 136 Å². The lowest BCUT2D eigenvalue weighted by Gasteiger charge is -2.50. The molecule has 8 rings (SSSR count). The largest absolute Gasteiger partial charge is 0.508 e. The van der Waals surface area contributed by atoms with Crippen molar-refractivity contribution in [2.75, 3.05) is 17.5 Å². The van der Waals surface area contributed by atoms with Crippen molar-refractivity contribution in [2.45, 2.75) is 36.5 Å². The average molecular weight is 880 g/mol. The number of halogens is 9. The van der Waals surface area contributed by atoms with E-state index in [2.05, 4.69) is 15.4 Å². The van der Waals surface area contributed by atoms with E-state index in [4.69, 9.17) is 34.8 Å². The van der Waals surface area contributed by atoms with Gasteiger partial charge in [0.1, 0.15) is 11.4 Å². The molecule has 11 nitrogen and oxygen atoms in total. The number of rotatable bonds is 6. The lowest BCUT2D eigenvalue weighted by molar-refractivity contribution is -0.142. The Morgan fingerprint density at radius 3 is 2.15 bits per heavy atom. The number of alkyl halides is 6. The van der Waals surface area contributed by atoms with Crippen molar-refractivity contribution < 1.29 is 50.6 Å². The highest BCUT2D eigenvalue weighted by Gasteiger charge is 2.70. The summed E-state index contributed by atoms with van der Waals surface area (Å²) in [6.45, 7) is 0. The molecule has 0 bridgehead atoms.